The lowest BCUT2D eigenvalue weighted by Crippen LogP contribution is -2.29. The van der Waals surface area contributed by atoms with Crippen LogP contribution in [0.25, 0.3) is 5.76 Å². The zero-order valence-electron chi connectivity index (χ0n) is 18.4. The van der Waals surface area contributed by atoms with Crippen molar-refractivity contribution in [3.8, 4) is 17.2 Å². The van der Waals surface area contributed by atoms with Gasteiger partial charge in [-0.15, -0.1) is 11.3 Å². The molecule has 3 aromatic rings. The second-order valence-electron chi connectivity index (χ2n) is 7.32. The fraction of sp³-hybridized carbons (Fsp3) is 0.200. The molecule has 1 amide bonds. The molecule has 8 heteroatoms. The summed E-state index contributed by atoms with van der Waals surface area (Å²) in [5, 5.41) is 13.2. The zero-order valence-corrected chi connectivity index (χ0v) is 19.2. The minimum absolute atomic E-state index is 0.00361. The standard InChI is InChI=1S/C25H23NO6S/c1-30-16-10-11-19(32-3)17(13-16)23(27)21-22(20-9-6-12-33-20)26(25(29)24(21)28)14-15-7-4-5-8-18(15)31-2/h4-13,22,27H,14H2,1-3H3/b23-21-. The quantitative estimate of drug-likeness (QED) is 0.316. The van der Waals surface area contributed by atoms with Crippen molar-refractivity contribution >= 4 is 28.8 Å². The molecular weight excluding hydrogens is 442 g/mol. The van der Waals surface area contributed by atoms with Gasteiger partial charge in [0, 0.05) is 10.4 Å². The summed E-state index contributed by atoms with van der Waals surface area (Å²) in [5.74, 6) is -0.320. The third kappa shape index (κ3) is 4.05. The van der Waals surface area contributed by atoms with E-state index < -0.39 is 17.7 Å². The van der Waals surface area contributed by atoms with Crippen LogP contribution in [0.15, 0.2) is 65.6 Å². The number of ketones is 1. The second kappa shape index (κ2) is 9.38. The summed E-state index contributed by atoms with van der Waals surface area (Å²) in [7, 11) is 4.53. The van der Waals surface area contributed by atoms with Gasteiger partial charge in [-0.2, -0.15) is 0 Å². The number of thiophene rings is 1. The Hall–Kier alpha value is -3.78. The maximum Gasteiger partial charge on any atom is 0.295 e. The smallest absolute Gasteiger partial charge is 0.295 e. The average molecular weight is 466 g/mol. The molecule has 1 saturated heterocycles. The Balaban J connectivity index is 1.88. The Morgan fingerprint density at radius 1 is 0.970 bits per heavy atom. The summed E-state index contributed by atoms with van der Waals surface area (Å²) in [4.78, 5) is 28.6. The summed E-state index contributed by atoms with van der Waals surface area (Å²) in [6.45, 7) is 0.142. The van der Waals surface area contributed by atoms with Crippen LogP contribution in [-0.4, -0.2) is 43.0 Å². The topological polar surface area (TPSA) is 85.3 Å². The number of carbonyl (C=O) groups excluding carboxylic acids is 2. The number of carbonyl (C=O) groups is 2. The van der Waals surface area contributed by atoms with Gasteiger partial charge in [0.25, 0.3) is 11.7 Å². The lowest BCUT2D eigenvalue weighted by molar-refractivity contribution is -0.140. The lowest BCUT2D eigenvalue weighted by atomic mass is 9.99. The number of methoxy groups -OCH3 is 3. The number of rotatable bonds is 7. The minimum atomic E-state index is -0.759. The van der Waals surface area contributed by atoms with E-state index in [-0.39, 0.29) is 23.4 Å². The number of aliphatic hydroxyl groups excluding tert-OH is 1. The highest BCUT2D eigenvalue weighted by atomic mass is 32.1. The Kier molecular flexibility index (Phi) is 6.37. The molecule has 4 rings (SSSR count). The Bertz CT molecular complexity index is 1220. The van der Waals surface area contributed by atoms with Crippen LogP contribution in [0.2, 0.25) is 0 Å². The van der Waals surface area contributed by atoms with Crippen molar-refractivity contribution in [2.45, 2.75) is 12.6 Å². The highest BCUT2D eigenvalue weighted by molar-refractivity contribution is 7.10. The van der Waals surface area contributed by atoms with Gasteiger partial charge in [-0.3, -0.25) is 9.59 Å². The number of ether oxygens (including phenoxy) is 3. The van der Waals surface area contributed by atoms with Gasteiger partial charge in [-0.25, -0.2) is 0 Å². The van der Waals surface area contributed by atoms with Crippen LogP contribution in [0.1, 0.15) is 22.0 Å². The van der Waals surface area contributed by atoms with Crippen molar-refractivity contribution in [1.82, 2.24) is 4.90 Å². The summed E-state index contributed by atoms with van der Waals surface area (Å²) >= 11 is 1.40. The monoisotopic (exact) mass is 465 g/mol. The van der Waals surface area contributed by atoms with E-state index in [1.807, 2.05) is 35.7 Å². The SMILES string of the molecule is COc1ccc(OC)c(/C(O)=C2/C(=O)C(=O)N(Cc3ccccc3OC)C2c2cccs2)c1. The predicted molar refractivity (Wildman–Crippen MR) is 125 cm³/mol. The van der Waals surface area contributed by atoms with Crippen LogP contribution < -0.4 is 14.2 Å². The number of amides is 1. The molecule has 2 aromatic carbocycles. The summed E-state index contributed by atoms with van der Waals surface area (Å²) in [5.41, 5.74) is 1.03. The largest absolute Gasteiger partial charge is 0.507 e. The van der Waals surface area contributed by atoms with Crippen LogP contribution in [0.5, 0.6) is 17.2 Å². The molecule has 1 aliphatic heterocycles. The molecule has 1 unspecified atom stereocenters. The molecule has 1 N–H and O–H groups in total. The van der Waals surface area contributed by atoms with E-state index in [1.165, 1.54) is 30.5 Å². The number of nitrogens with zero attached hydrogens (tertiary/aromatic N) is 1. The van der Waals surface area contributed by atoms with Crippen molar-refractivity contribution < 1.29 is 28.9 Å². The van der Waals surface area contributed by atoms with Gasteiger partial charge < -0.3 is 24.2 Å². The maximum absolute atomic E-state index is 13.2. The van der Waals surface area contributed by atoms with E-state index in [2.05, 4.69) is 0 Å². The summed E-state index contributed by atoms with van der Waals surface area (Å²) in [6.07, 6.45) is 0. The van der Waals surface area contributed by atoms with Crippen molar-refractivity contribution in [2.75, 3.05) is 21.3 Å². The Morgan fingerprint density at radius 3 is 2.39 bits per heavy atom. The summed E-state index contributed by atoms with van der Waals surface area (Å²) < 4.78 is 16.1. The van der Waals surface area contributed by atoms with E-state index in [0.717, 1.165) is 10.4 Å². The average Bonchev–Trinajstić information content (AvgIpc) is 3.46. The molecular formula is C25H23NO6S. The Labute approximate surface area is 195 Å². The van der Waals surface area contributed by atoms with Crippen molar-refractivity contribution in [1.29, 1.82) is 0 Å². The van der Waals surface area contributed by atoms with Crippen LogP contribution in [0, 0.1) is 0 Å². The van der Waals surface area contributed by atoms with Crippen LogP contribution in [-0.2, 0) is 16.1 Å². The lowest BCUT2D eigenvalue weighted by Gasteiger charge is -2.25. The van der Waals surface area contributed by atoms with Gasteiger partial charge in [0.2, 0.25) is 0 Å². The highest BCUT2D eigenvalue weighted by Crippen LogP contribution is 2.44. The minimum Gasteiger partial charge on any atom is -0.507 e. The molecule has 2 heterocycles. The third-order valence-corrected chi connectivity index (χ3v) is 6.47. The molecule has 0 radical (unpaired) electrons. The number of hydrogen-bond acceptors (Lipinski definition) is 7. The number of aliphatic hydroxyl groups is 1. The fourth-order valence-electron chi connectivity index (χ4n) is 3.95. The number of hydrogen-bond donors (Lipinski definition) is 1. The van der Waals surface area contributed by atoms with Gasteiger partial charge in [0.1, 0.15) is 23.0 Å². The fourth-order valence-corrected chi connectivity index (χ4v) is 4.79. The first kappa shape index (κ1) is 22.4. The van der Waals surface area contributed by atoms with Crippen LogP contribution in [0.3, 0.4) is 0 Å². The van der Waals surface area contributed by atoms with Gasteiger partial charge in [-0.05, 0) is 35.7 Å². The van der Waals surface area contributed by atoms with E-state index in [0.29, 0.717) is 17.2 Å². The molecule has 1 aromatic heterocycles. The van der Waals surface area contributed by atoms with Crippen LogP contribution in [0.4, 0.5) is 0 Å². The van der Waals surface area contributed by atoms with Crippen LogP contribution >= 0.6 is 11.3 Å². The van der Waals surface area contributed by atoms with E-state index >= 15 is 0 Å². The van der Waals surface area contributed by atoms with Crippen molar-refractivity contribution in [3.05, 3.63) is 81.6 Å². The van der Waals surface area contributed by atoms with E-state index in [9.17, 15) is 14.7 Å². The van der Waals surface area contributed by atoms with Gasteiger partial charge >= 0.3 is 0 Å². The molecule has 0 aliphatic carbocycles. The molecule has 170 valence electrons. The second-order valence-corrected chi connectivity index (χ2v) is 8.30. The molecule has 0 saturated carbocycles. The maximum atomic E-state index is 13.2. The molecule has 0 bridgehead atoms. The van der Waals surface area contributed by atoms with E-state index in [4.69, 9.17) is 14.2 Å². The molecule has 1 aliphatic rings. The van der Waals surface area contributed by atoms with Gasteiger partial charge in [0.05, 0.1) is 45.1 Å². The van der Waals surface area contributed by atoms with Crippen molar-refractivity contribution in [2.24, 2.45) is 0 Å². The first-order valence-corrected chi connectivity index (χ1v) is 11.0. The summed E-state index contributed by atoms with van der Waals surface area (Å²) in [6, 6.07) is 15.1. The Morgan fingerprint density at radius 2 is 1.73 bits per heavy atom. The highest BCUT2D eigenvalue weighted by Gasteiger charge is 2.47. The number of likely N-dealkylation sites (tertiary alicyclic amines) is 1. The number of benzene rings is 2. The predicted octanol–water partition coefficient (Wildman–Crippen LogP) is 4.40. The van der Waals surface area contributed by atoms with Gasteiger partial charge in [0.15, 0.2) is 0 Å². The van der Waals surface area contributed by atoms with Crippen molar-refractivity contribution in [3.63, 3.8) is 0 Å². The molecule has 33 heavy (non-hydrogen) atoms. The third-order valence-electron chi connectivity index (χ3n) is 5.55. The molecule has 7 nitrogen and oxygen atoms in total. The number of para-hydroxylation sites is 1. The molecule has 1 atom stereocenters. The zero-order chi connectivity index (χ0) is 23.5. The first-order chi connectivity index (χ1) is 16.0. The number of Topliss-reactive ketones (excluding diaryl/α,β-unsaturated/α-hetero) is 1. The van der Waals surface area contributed by atoms with Gasteiger partial charge in [-0.1, -0.05) is 24.3 Å². The normalized spacial score (nSPS) is 17.3. The molecule has 1 fully saturated rings. The van der Waals surface area contributed by atoms with E-state index in [1.54, 1.807) is 31.4 Å². The molecule has 0 spiro atoms. The first-order valence-electron chi connectivity index (χ1n) is 10.2.